The molecule has 0 aliphatic carbocycles. The third-order valence-electron chi connectivity index (χ3n) is 4.16. The van der Waals surface area contributed by atoms with E-state index in [4.69, 9.17) is 4.74 Å². The van der Waals surface area contributed by atoms with E-state index in [9.17, 15) is 9.59 Å². The maximum absolute atomic E-state index is 12.5. The molecule has 1 aromatic heterocycles. The van der Waals surface area contributed by atoms with E-state index < -0.39 is 0 Å². The number of likely N-dealkylation sites (tertiary alicyclic amines) is 1. The molecule has 1 fully saturated rings. The monoisotopic (exact) mass is 375 g/mol. The molecular formula is C17H21N5O3S. The number of amides is 1. The molecule has 1 aliphatic heterocycles. The van der Waals surface area contributed by atoms with Crippen LogP contribution < -0.4 is 0 Å². The van der Waals surface area contributed by atoms with Crippen LogP contribution in [-0.2, 0) is 14.3 Å². The van der Waals surface area contributed by atoms with Gasteiger partial charge in [-0.2, -0.15) is 4.68 Å². The van der Waals surface area contributed by atoms with Crippen LogP contribution in [0, 0.1) is 5.92 Å². The molecule has 0 spiro atoms. The molecule has 1 saturated heterocycles. The summed E-state index contributed by atoms with van der Waals surface area (Å²) in [5.41, 5.74) is 0.841. The Morgan fingerprint density at radius 1 is 1.31 bits per heavy atom. The fourth-order valence-electron chi connectivity index (χ4n) is 2.87. The molecule has 0 radical (unpaired) electrons. The average Bonchev–Trinajstić information content (AvgIpc) is 3.15. The van der Waals surface area contributed by atoms with Crippen LogP contribution >= 0.6 is 11.8 Å². The number of aromatic nitrogens is 4. The normalized spacial score (nSPS) is 17.1. The first kappa shape index (κ1) is 18.4. The van der Waals surface area contributed by atoms with Crippen LogP contribution in [0.1, 0.15) is 19.8 Å². The van der Waals surface area contributed by atoms with Gasteiger partial charge < -0.3 is 9.64 Å². The van der Waals surface area contributed by atoms with E-state index in [0.717, 1.165) is 18.5 Å². The molecule has 1 aromatic carbocycles. The molecule has 1 atom stereocenters. The number of carbonyl (C=O) groups excluding carboxylic acids is 2. The Morgan fingerprint density at radius 2 is 2.12 bits per heavy atom. The summed E-state index contributed by atoms with van der Waals surface area (Å²) in [5.74, 6) is -0.243. The number of hydrogen-bond donors (Lipinski definition) is 0. The fourth-order valence-corrected chi connectivity index (χ4v) is 3.67. The average molecular weight is 375 g/mol. The van der Waals surface area contributed by atoms with Gasteiger partial charge in [0, 0.05) is 13.1 Å². The molecule has 1 aliphatic rings. The molecule has 0 saturated carbocycles. The molecular weight excluding hydrogens is 354 g/mol. The minimum absolute atomic E-state index is 0.0217. The van der Waals surface area contributed by atoms with Crippen molar-refractivity contribution >= 4 is 23.6 Å². The number of ether oxygens (including phenoxy) is 1. The van der Waals surface area contributed by atoms with E-state index in [1.54, 1.807) is 16.5 Å². The van der Waals surface area contributed by atoms with Gasteiger partial charge in [-0.3, -0.25) is 9.59 Å². The van der Waals surface area contributed by atoms with Crippen molar-refractivity contribution in [1.82, 2.24) is 25.1 Å². The van der Waals surface area contributed by atoms with Crippen LogP contribution in [0.3, 0.4) is 0 Å². The topological polar surface area (TPSA) is 90.2 Å². The highest BCUT2D eigenvalue weighted by molar-refractivity contribution is 7.99. The molecule has 2 heterocycles. The predicted octanol–water partition coefficient (Wildman–Crippen LogP) is 1.56. The smallest absolute Gasteiger partial charge is 0.310 e. The maximum Gasteiger partial charge on any atom is 0.310 e. The third-order valence-corrected chi connectivity index (χ3v) is 5.06. The van der Waals surface area contributed by atoms with Crippen molar-refractivity contribution in [3.05, 3.63) is 30.3 Å². The molecule has 0 N–H and O–H groups in total. The molecule has 0 bridgehead atoms. The van der Waals surface area contributed by atoms with Gasteiger partial charge in [0.2, 0.25) is 11.1 Å². The van der Waals surface area contributed by atoms with E-state index >= 15 is 0 Å². The van der Waals surface area contributed by atoms with E-state index in [-0.39, 0.29) is 23.5 Å². The van der Waals surface area contributed by atoms with E-state index in [1.165, 1.54) is 11.8 Å². The van der Waals surface area contributed by atoms with Crippen molar-refractivity contribution in [3.63, 3.8) is 0 Å². The van der Waals surface area contributed by atoms with E-state index in [1.807, 2.05) is 30.3 Å². The molecule has 9 heteroatoms. The summed E-state index contributed by atoms with van der Waals surface area (Å²) >= 11 is 1.29. The van der Waals surface area contributed by atoms with Crippen molar-refractivity contribution in [2.75, 3.05) is 25.4 Å². The zero-order chi connectivity index (χ0) is 18.4. The fraction of sp³-hybridized carbons (Fsp3) is 0.471. The van der Waals surface area contributed by atoms with Crippen LogP contribution in [0.25, 0.3) is 5.69 Å². The van der Waals surface area contributed by atoms with Crippen molar-refractivity contribution in [1.29, 1.82) is 0 Å². The number of nitrogens with zero attached hydrogens (tertiary/aromatic N) is 5. The number of hydrogen-bond acceptors (Lipinski definition) is 7. The number of rotatable bonds is 6. The highest BCUT2D eigenvalue weighted by Gasteiger charge is 2.29. The van der Waals surface area contributed by atoms with Gasteiger partial charge in [-0.25, -0.2) is 0 Å². The lowest BCUT2D eigenvalue weighted by Crippen LogP contribution is -2.43. The van der Waals surface area contributed by atoms with E-state index in [2.05, 4.69) is 15.5 Å². The number of esters is 1. The van der Waals surface area contributed by atoms with Crippen LogP contribution in [-0.4, -0.2) is 62.4 Å². The zero-order valence-electron chi connectivity index (χ0n) is 14.6. The number of carbonyl (C=O) groups is 2. The quantitative estimate of drug-likeness (QED) is 0.559. The summed E-state index contributed by atoms with van der Waals surface area (Å²) < 4.78 is 6.69. The molecule has 0 unspecified atom stereocenters. The van der Waals surface area contributed by atoms with Crippen LogP contribution in [0.4, 0.5) is 0 Å². The van der Waals surface area contributed by atoms with Crippen molar-refractivity contribution in [2.24, 2.45) is 5.92 Å². The summed E-state index contributed by atoms with van der Waals surface area (Å²) in [4.78, 5) is 26.2. The Hall–Kier alpha value is -2.42. The summed E-state index contributed by atoms with van der Waals surface area (Å²) in [6.07, 6.45) is 1.57. The molecule has 3 rings (SSSR count). The van der Waals surface area contributed by atoms with E-state index in [0.29, 0.717) is 24.9 Å². The van der Waals surface area contributed by atoms with Gasteiger partial charge in [0.05, 0.1) is 24.0 Å². The van der Waals surface area contributed by atoms with Crippen LogP contribution in [0.15, 0.2) is 35.5 Å². The Labute approximate surface area is 155 Å². The standard InChI is InChI=1S/C17H21N5O3S/c1-2-25-16(24)13-7-6-10-21(11-13)15(23)12-26-17-18-19-20-22(17)14-8-4-3-5-9-14/h3-5,8-9,13H,2,6-7,10-12H2,1H3/t13-/m1/s1. The number of thioether (sulfide) groups is 1. The largest absolute Gasteiger partial charge is 0.466 e. The number of tetrazole rings is 1. The number of benzene rings is 1. The lowest BCUT2D eigenvalue weighted by molar-refractivity contribution is -0.151. The van der Waals surface area contributed by atoms with Crippen LogP contribution in [0.5, 0.6) is 0 Å². The summed E-state index contributed by atoms with van der Waals surface area (Å²) in [7, 11) is 0. The van der Waals surface area contributed by atoms with Gasteiger partial charge in [0.25, 0.3) is 0 Å². The molecule has 26 heavy (non-hydrogen) atoms. The molecule has 8 nitrogen and oxygen atoms in total. The van der Waals surface area contributed by atoms with Crippen LogP contribution in [0.2, 0.25) is 0 Å². The zero-order valence-corrected chi connectivity index (χ0v) is 15.4. The predicted molar refractivity (Wildman–Crippen MR) is 95.8 cm³/mol. The first-order chi connectivity index (χ1) is 12.7. The van der Waals surface area contributed by atoms with Crippen molar-refractivity contribution in [2.45, 2.75) is 24.9 Å². The second-order valence-electron chi connectivity index (χ2n) is 5.93. The Kier molecular flexibility index (Phi) is 6.21. The Bertz CT molecular complexity index is 752. The van der Waals surface area contributed by atoms with Gasteiger partial charge >= 0.3 is 5.97 Å². The lowest BCUT2D eigenvalue weighted by atomic mass is 9.98. The SMILES string of the molecule is CCOC(=O)[C@@H]1CCCN(C(=O)CSc2nnnn2-c2ccccc2)C1. The minimum Gasteiger partial charge on any atom is -0.466 e. The molecule has 1 amide bonds. The Morgan fingerprint density at radius 3 is 2.88 bits per heavy atom. The summed E-state index contributed by atoms with van der Waals surface area (Å²) in [6, 6.07) is 9.52. The summed E-state index contributed by atoms with van der Waals surface area (Å²) in [6.45, 7) is 3.24. The number of piperidine rings is 1. The minimum atomic E-state index is -0.229. The van der Waals surface area contributed by atoms with Crippen molar-refractivity contribution < 1.29 is 14.3 Å². The first-order valence-corrected chi connectivity index (χ1v) is 9.58. The Balaban J connectivity index is 1.58. The van der Waals surface area contributed by atoms with Gasteiger partial charge in [-0.05, 0) is 42.3 Å². The number of para-hydroxylation sites is 1. The van der Waals surface area contributed by atoms with Gasteiger partial charge in [0.1, 0.15) is 0 Å². The van der Waals surface area contributed by atoms with Gasteiger partial charge in [0.15, 0.2) is 0 Å². The summed E-state index contributed by atoms with van der Waals surface area (Å²) in [5, 5.41) is 12.2. The second kappa shape index (κ2) is 8.79. The highest BCUT2D eigenvalue weighted by Crippen LogP contribution is 2.22. The second-order valence-corrected chi connectivity index (χ2v) is 6.87. The maximum atomic E-state index is 12.5. The lowest BCUT2D eigenvalue weighted by Gasteiger charge is -2.31. The van der Waals surface area contributed by atoms with Gasteiger partial charge in [-0.1, -0.05) is 30.0 Å². The van der Waals surface area contributed by atoms with Gasteiger partial charge in [-0.15, -0.1) is 5.10 Å². The highest BCUT2D eigenvalue weighted by atomic mass is 32.2. The van der Waals surface area contributed by atoms with Crippen molar-refractivity contribution in [3.8, 4) is 5.69 Å². The third kappa shape index (κ3) is 4.40. The first-order valence-electron chi connectivity index (χ1n) is 8.60. The molecule has 2 aromatic rings. The molecule has 138 valence electrons.